The van der Waals surface area contributed by atoms with E-state index in [0.717, 1.165) is 23.8 Å². The molecule has 0 spiro atoms. The van der Waals surface area contributed by atoms with E-state index < -0.39 is 37.7 Å². The average Bonchev–Trinajstić information content (AvgIpc) is 2.53. The van der Waals surface area contributed by atoms with Gasteiger partial charge in [-0.3, -0.25) is 10.1 Å². The van der Waals surface area contributed by atoms with Gasteiger partial charge in [-0.2, -0.15) is 8.42 Å². The van der Waals surface area contributed by atoms with Gasteiger partial charge in [0.15, 0.2) is 0 Å². The summed E-state index contributed by atoms with van der Waals surface area (Å²) < 4.78 is 57.2. The average molecular weight is 392 g/mol. The summed E-state index contributed by atoms with van der Waals surface area (Å²) >= 11 is 5.79. The second-order valence-electron chi connectivity index (χ2n) is 5.11. The van der Waals surface area contributed by atoms with Crippen LogP contribution in [0.3, 0.4) is 0 Å². The van der Waals surface area contributed by atoms with Gasteiger partial charge in [0.25, 0.3) is 10.1 Å². The molecule has 0 aromatic heterocycles. The summed E-state index contributed by atoms with van der Waals surface area (Å²) in [7, 11) is -4.70. The minimum absolute atomic E-state index is 0.284. The highest BCUT2D eigenvalue weighted by Gasteiger charge is 2.57. The van der Waals surface area contributed by atoms with E-state index in [1.54, 1.807) is 6.92 Å². The molecule has 0 radical (unpaired) electrons. The molecule has 134 valence electrons. The summed E-state index contributed by atoms with van der Waals surface area (Å²) in [5.74, 6) is 0. The maximum absolute atomic E-state index is 14.0. The van der Waals surface area contributed by atoms with Gasteiger partial charge >= 0.3 is 6.05 Å². The number of benzene rings is 2. The van der Waals surface area contributed by atoms with Crippen molar-refractivity contribution in [2.75, 3.05) is 0 Å². The van der Waals surface area contributed by atoms with Crippen LogP contribution in [0.1, 0.15) is 17.2 Å². The first-order valence-electron chi connectivity index (χ1n) is 6.82. The number of halogens is 3. The highest BCUT2D eigenvalue weighted by molar-refractivity contribution is 7.86. The SMILES string of the molecule is Cc1ccc(S(=O)(=O)O[C@@H](c2ccccc2Cl)C(F)(F)[N+](=O)[O-])cc1. The fourth-order valence-electron chi connectivity index (χ4n) is 1.97. The van der Waals surface area contributed by atoms with Crippen LogP contribution in [0, 0.1) is 17.0 Å². The van der Waals surface area contributed by atoms with E-state index in [0.29, 0.717) is 0 Å². The van der Waals surface area contributed by atoms with Crippen molar-refractivity contribution in [3.63, 3.8) is 0 Å². The maximum Gasteiger partial charge on any atom is 0.543 e. The molecular weight excluding hydrogens is 380 g/mol. The molecule has 0 saturated heterocycles. The molecule has 0 heterocycles. The van der Waals surface area contributed by atoms with Crippen molar-refractivity contribution >= 4 is 21.7 Å². The Morgan fingerprint density at radius 1 is 1.16 bits per heavy atom. The molecule has 6 nitrogen and oxygen atoms in total. The molecule has 2 rings (SSSR count). The molecule has 0 fully saturated rings. The van der Waals surface area contributed by atoms with Gasteiger partial charge in [-0.25, -0.2) is 4.18 Å². The number of rotatable bonds is 6. The first-order chi connectivity index (χ1) is 11.6. The molecule has 0 bridgehead atoms. The standard InChI is InChI=1S/C15H12ClF2NO5S/c1-10-6-8-11(9-7-10)25(22,23)24-14(15(17,18)19(20)21)12-4-2-3-5-13(12)16/h2-9,14H,1H3/t14-/m0/s1. The van der Waals surface area contributed by atoms with Crippen molar-refractivity contribution in [2.24, 2.45) is 0 Å². The first-order valence-corrected chi connectivity index (χ1v) is 8.61. The largest absolute Gasteiger partial charge is 0.543 e. The van der Waals surface area contributed by atoms with Crippen molar-refractivity contribution in [3.05, 3.63) is 74.8 Å². The molecule has 2 aromatic rings. The van der Waals surface area contributed by atoms with E-state index >= 15 is 0 Å². The van der Waals surface area contributed by atoms with Crippen LogP contribution in [0.25, 0.3) is 0 Å². The molecule has 0 aliphatic heterocycles. The molecule has 0 saturated carbocycles. The Bertz CT molecular complexity index is 887. The van der Waals surface area contributed by atoms with Crippen molar-refractivity contribution in [1.29, 1.82) is 0 Å². The number of nitro groups is 1. The van der Waals surface area contributed by atoms with Crippen LogP contribution in [-0.2, 0) is 14.3 Å². The molecule has 1 atom stereocenters. The molecule has 10 heteroatoms. The first kappa shape index (κ1) is 19.2. The topological polar surface area (TPSA) is 86.5 Å². The third-order valence-corrected chi connectivity index (χ3v) is 4.92. The molecule has 25 heavy (non-hydrogen) atoms. The molecule has 0 aliphatic rings. The zero-order chi connectivity index (χ0) is 18.8. The van der Waals surface area contributed by atoms with Crippen LogP contribution in [0.5, 0.6) is 0 Å². The van der Waals surface area contributed by atoms with Crippen molar-refractivity contribution in [1.82, 2.24) is 0 Å². The van der Waals surface area contributed by atoms with E-state index in [1.807, 2.05) is 0 Å². The molecule has 0 amide bonds. The number of alkyl halides is 2. The van der Waals surface area contributed by atoms with Gasteiger partial charge in [0.05, 0.1) is 9.82 Å². The van der Waals surface area contributed by atoms with Gasteiger partial charge < -0.3 is 0 Å². The van der Waals surface area contributed by atoms with Gasteiger partial charge in [0.2, 0.25) is 6.10 Å². The molecule has 0 aliphatic carbocycles. The van der Waals surface area contributed by atoms with Crippen molar-refractivity contribution in [3.8, 4) is 0 Å². The maximum atomic E-state index is 14.0. The summed E-state index contributed by atoms with van der Waals surface area (Å²) in [5, 5.41) is 10.5. The Morgan fingerprint density at radius 2 is 1.72 bits per heavy atom. The number of hydrogen-bond donors (Lipinski definition) is 0. The predicted octanol–water partition coefficient (Wildman–Crippen LogP) is 3.96. The summed E-state index contributed by atoms with van der Waals surface area (Å²) in [5.41, 5.74) is 0.221. The van der Waals surface area contributed by atoms with E-state index in [-0.39, 0.29) is 5.02 Å². The lowest BCUT2D eigenvalue weighted by molar-refractivity contribution is -0.657. The molecular formula is C15H12ClF2NO5S. The second kappa shape index (κ2) is 7.03. The Morgan fingerprint density at radius 3 is 2.24 bits per heavy atom. The second-order valence-corrected chi connectivity index (χ2v) is 7.09. The van der Waals surface area contributed by atoms with E-state index in [1.165, 1.54) is 30.3 Å². The Labute approximate surface area is 147 Å². The van der Waals surface area contributed by atoms with Crippen molar-refractivity contribution < 1.29 is 26.3 Å². The minimum Gasteiger partial charge on any atom is -0.259 e. The van der Waals surface area contributed by atoms with Crippen LogP contribution in [-0.4, -0.2) is 19.4 Å². The zero-order valence-electron chi connectivity index (χ0n) is 12.7. The lowest BCUT2D eigenvalue weighted by Gasteiger charge is -2.21. The summed E-state index contributed by atoms with van der Waals surface area (Å²) in [4.78, 5) is 8.43. The number of nitrogens with zero attached hydrogens (tertiary/aromatic N) is 1. The molecule has 0 unspecified atom stereocenters. The number of hydrogen-bond acceptors (Lipinski definition) is 5. The third kappa shape index (κ3) is 4.12. The van der Waals surface area contributed by atoms with E-state index in [2.05, 4.69) is 4.18 Å². The normalized spacial score (nSPS) is 13.4. The van der Waals surface area contributed by atoms with Crippen LogP contribution >= 0.6 is 11.6 Å². The minimum atomic E-state index is -4.72. The van der Waals surface area contributed by atoms with Crippen LogP contribution in [0.15, 0.2) is 53.4 Å². The van der Waals surface area contributed by atoms with Gasteiger partial charge in [0.1, 0.15) is 0 Å². The van der Waals surface area contributed by atoms with E-state index in [4.69, 9.17) is 11.6 Å². The summed E-state index contributed by atoms with van der Waals surface area (Å²) in [6.07, 6.45) is -2.72. The highest BCUT2D eigenvalue weighted by atomic mass is 35.5. The van der Waals surface area contributed by atoms with Gasteiger partial charge in [-0.1, -0.05) is 47.5 Å². The third-order valence-electron chi connectivity index (χ3n) is 3.28. The summed E-state index contributed by atoms with van der Waals surface area (Å²) in [6.45, 7) is 1.70. The van der Waals surface area contributed by atoms with Crippen molar-refractivity contribution in [2.45, 2.75) is 24.0 Å². The quantitative estimate of drug-likeness (QED) is 0.322. The van der Waals surface area contributed by atoms with Gasteiger partial charge in [0, 0.05) is 10.6 Å². The van der Waals surface area contributed by atoms with E-state index in [9.17, 15) is 27.3 Å². The molecule has 0 N–H and O–H groups in total. The number of aryl methyl sites for hydroxylation is 1. The lowest BCUT2D eigenvalue weighted by Crippen LogP contribution is -2.38. The highest BCUT2D eigenvalue weighted by Crippen LogP contribution is 2.40. The zero-order valence-corrected chi connectivity index (χ0v) is 14.3. The van der Waals surface area contributed by atoms with Crippen LogP contribution in [0.4, 0.5) is 8.78 Å². The lowest BCUT2D eigenvalue weighted by atomic mass is 10.1. The predicted molar refractivity (Wildman–Crippen MR) is 85.6 cm³/mol. The van der Waals surface area contributed by atoms with Gasteiger partial charge in [-0.15, -0.1) is 8.78 Å². The van der Waals surface area contributed by atoms with Crippen LogP contribution < -0.4 is 0 Å². The smallest absolute Gasteiger partial charge is 0.259 e. The Hall–Kier alpha value is -2.10. The fraction of sp³-hybridized carbons (Fsp3) is 0.200. The summed E-state index contributed by atoms with van der Waals surface area (Å²) in [6, 6.07) is 5.38. The van der Waals surface area contributed by atoms with Gasteiger partial charge in [-0.05, 0) is 25.1 Å². The Balaban J connectivity index is 2.52. The fourth-order valence-corrected chi connectivity index (χ4v) is 3.26. The Kier molecular flexibility index (Phi) is 5.40. The molecule has 2 aromatic carbocycles. The van der Waals surface area contributed by atoms with Crippen LogP contribution in [0.2, 0.25) is 5.02 Å². The monoisotopic (exact) mass is 391 g/mol.